The predicted molar refractivity (Wildman–Crippen MR) is 86.9 cm³/mol. The van der Waals surface area contributed by atoms with Crippen molar-refractivity contribution in [3.63, 3.8) is 0 Å². The van der Waals surface area contributed by atoms with Crippen LogP contribution >= 0.6 is 0 Å². The number of imidazole rings is 1. The summed E-state index contributed by atoms with van der Waals surface area (Å²) in [4.78, 5) is 32.7. The summed E-state index contributed by atoms with van der Waals surface area (Å²) in [6.45, 7) is 2.19. The van der Waals surface area contributed by atoms with Crippen molar-refractivity contribution < 1.29 is 9.59 Å². The van der Waals surface area contributed by atoms with E-state index < -0.39 is 0 Å². The number of carbonyl (C=O) groups excluding carboxylic acids is 2. The van der Waals surface area contributed by atoms with Crippen LogP contribution in [0, 0.1) is 0 Å². The highest BCUT2D eigenvalue weighted by Gasteiger charge is 2.27. The third-order valence-corrected chi connectivity index (χ3v) is 4.14. The average Bonchev–Trinajstić information content (AvgIpc) is 3.06. The summed E-state index contributed by atoms with van der Waals surface area (Å²) in [6.07, 6.45) is 5.12. The number of hydrogen-bond donors (Lipinski definition) is 2. The van der Waals surface area contributed by atoms with Gasteiger partial charge in [0, 0.05) is 37.5 Å². The molecule has 6 heteroatoms. The Balaban J connectivity index is 1.67. The molecule has 1 aromatic carbocycles. The van der Waals surface area contributed by atoms with Crippen LogP contribution < -0.4 is 10.2 Å². The van der Waals surface area contributed by atoms with Gasteiger partial charge in [0.2, 0.25) is 11.8 Å². The van der Waals surface area contributed by atoms with E-state index in [0.717, 1.165) is 23.4 Å². The lowest BCUT2D eigenvalue weighted by molar-refractivity contribution is -0.121. The van der Waals surface area contributed by atoms with Crippen LogP contribution in [0.1, 0.15) is 37.1 Å². The van der Waals surface area contributed by atoms with Gasteiger partial charge < -0.3 is 15.2 Å². The molecule has 1 aliphatic rings. The summed E-state index contributed by atoms with van der Waals surface area (Å²) in [5.74, 6) is 0.0390. The molecular formula is C17H20N4O2. The summed E-state index contributed by atoms with van der Waals surface area (Å²) in [7, 11) is 0. The lowest BCUT2D eigenvalue weighted by Crippen LogP contribution is -2.40. The van der Waals surface area contributed by atoms with E-state index in [0.29, 0.717) is 19.4 Å². The number of carbonyl (C=O) groups is 2. The van der Waals surface area contributed by atoms with E-state index in [4.69, 9.17) is 0 Å². The van der Waals surface area contributed by atoms with Gasteiger partial charge in [0.1, 0.15) is 0 Å². The number of para-hydroxylation sites is 1. The zero-order valence-corrected chi connectivity index (χ0v) is 13.1. The van der Waals surface area contributed by atoms with Crippen LogP contribution in [0.5, 0.6) is 0 Å². The smallest absolute Gasteiger partial charge is 0.223 e. The van der Waals surface area contributed by atoms with Crippen LogP contribution in [-0.2, 0) is 16.0 Å². The quantitative estimate of drug-likeness (QED) is 0.906. The first kappa shape index (κ1) is 15.3. The maximum Gasteiger partial charge on any atom is 0.223 e. The van der Waals surface area contributed by atoms with E-state index in [9.17, 15) is 9.59 Å². The van der Waals surface area contributed by atoms with Gasteiger partial charge in [0.15, 0.2) is 0 Å². The molecule has 0 aliphatic carbocycles. The Kier molecular flexibility index (Phi) is 4.41. The molecule has 2 N–H and O–H groups in total. The molecule has 0 saturated carbocycles. The summed E-state index contributed by atoms with van der Waals surface area (Å²) >= 11 is 0. The van der Waals surface area contributed by atoms with Crippen LogP contribution in [0.2, 0.25) is 0 Å². The number of benzene rings is 1. The first-order chi connectivity index (χ1) is 11.1. The van der Waals surface area contributed by atoms with Crippen molar-refractivity contribution in [3.8, 4) is 0 Å². The first-order valence-corrected chi connectivity index (χ1v) is 7.79. The molecule has 3 rings (SSSR count). The summed E-state index contributed by atoms with van der Waals surface area (Å²) in [6, 6.07) is 7.71. The fourth-order valence-electron chi connectivity index (χ4n) is 2.98. The lowest BCUT2D eigenvalue weighted by Gasteiger charge is -2.34. The van der Waals surface area contributed by atoms with Crippen molar-refractivity contribution in [2.75, 3.05) is 11.4 Å². The Morgan fingerprint density at radius 3 is 2.96 bits per heavy atom. The fourth-order valence-corrected chi connectivity index (χ4v) is 2.98. The molecule has 0 spiro atoms. The van der Waals surface area contributed by atoms with Gasteiger partial charge in [-0.15, -0.1) is 0 Å². The van der Waals surface area contributed by atoms with Gasteiger partial charge >= 0.3 is 0 Å². The van der Waals surface area contributed by atoms with Gasteiger partial charge in [-0.2, -0.15) is 0 Å². The molecule has 2 aromatic rings. The Bertz CT molecular complexity index is 696. The maximum absolute atomic E-state index is 12.2. The molecule has 1 aliphatic heterocycles. The van der Waals surface area contributed by atoms with E-state index in [-0.39, 0.29) is 17.9 Å². The van der Waals surface area contributed by atoms with Crippen LogP contribution in [0.4, 0.5) is 5.69 Å². The van der Waals surface area contributed by atoms with Crippen molar-refractivity contribution in [1.29, 1.82) is 0 Å². The number of nitrogens with one attached hydrogen (secondary N) is 2. The van der Waals surface area contributed by atoms with E-state index in [1.54, 1.807) is 24.3 Å². The second kappa shape index (κ2) is 6.64. The number of aromatic amines is 1. The van der Waals surface area contributed by atoms with Crippen LogP contribution in [0.3, 0.4) is 0 Å². The molecule has 2 heterocycles. The number of nitrogens with zero attached hydrogens (tertiary/aromatic N) is 2. The number of rotatable bonds is 4. The second-order valence-corrected chi connectivity index (χ2v) is 5.72. The topological polar surface area (TPSA) is 78.1 Å². The van der Waals surface area contributed by atoms with E-state index in [2.05, 4.69) is 15.3 Å². The van der Waals surface area contributed by atoms with Crippen molar-refractivity contribution in [2.45, 2.75) is 32.2 Å². The van der Waals surface area contributed by atoms with Crippen LogP contribution in [0.15, 0.2) is 36.8 Å². The normalized spacial score (nSPS) is 16.7. The minimum atomic E-state index is -0.0453. The Hall–Kier alpha value is -2.63. The molecule has 6 nitrogen and oxygen atoms in total. The molecule has 23 heavy (non-hydrogen) atoms. The zero-order valence-electron chi connectivity index (χ0n) is 13.1. The highest BCUT2D eigenvalue weighted by Crippen LogP contribution is 2.33. The maximum atomic E-state index is 12.2. The number of H-pyrrole nitrogens is 1. The minimum Gasteiger partial charge on any atom is -0.349 e. The van der Waals surface area contributed by atoms with E-state index in [1.807, 2.05) is 24.3 Å². The molecule has 0 saturated heterocycles. The highest BCUT2D eigenvalue weighted by molar-refractivity contribution is 5.93. The average molecular weight is 312 g/mol. The zero-order chi connectivity index (χ0) is 16.2. The fraction of sp³-hybridized carbons (Fsp3) is 0.353. The third kappa shape index (κ3) is 3.41. The lowest BCUT2D eigenvalue weighted by atomic mass is 9.96. The summed E-state index contributed by atoms with van der Waals surface area (Å²) in [5, 5.41) is 3.09. The predicted octanol–water partition coefficient (Wildman–Crippen LogP) is 1.96. The molecule has 0 fully saturated rings. The number of anilines is 1. The molecule has 1 atom stereocenters. The van der Waals surface area contributed by atoms with Gasteiger partial charge in [-0.3, -0.25) is 9.59 Å². The molecule has 2 amide bonds. The van der Waals surface area contributed by atoms with Gasteiger partial charge in [-0.25, -0.2) is 4.98 Å². The van der Waals surface area contributed by atoms with Crippen molar-refractivity contribution >= 4 is 17.5 Å². The summed E-state index contributed by atoms with van der Waals surface area (Å²) in [5.41, 5.74) is 2.85. The second-order valence-electron chi connectivity index (χ2n) is 5.72. The van der Waals surface area contributed by atoms with Gasteiger partial charge in [-0.05, 0) is 24.5 Å². The molecule has 1 aromatic heterocycles. The largest absolute Gasteiger partial charge is 0.349 e. The van der Waals surface area contributed by atoms with Crippen molar-refractivity contribution in [1.82, 2.24) is 15.3 Å². The molecule has 0 bridgehead atoms. The Morgan fingerprint density at radius 1 is 1.39 bits per heavy atom. The third-order valence-electron chi connectivity index (χ3n) is 4.14. The monoisotopic (exact) mass is 312 g/mol. The number of hydrogen-bond acceptors (Lipinski definition) is 3. The number of fused-ring (bicyclic) bond motifs is 1. The van der Waals surface area contributed by atoms with E-state index in [1.165, 1.54) is 0 Å². The molecule has 0 radical (unpaired) electrons. The SMILES string of the molecule is CC(=O)N1CCC(NC(=O)CCc2cnc[nH]2)c2ccccc21. The Morgan fingerprint density at radius 2 is 2.22 bits per heavy atom. The highest BCUT2D eigenvalue weighted by atomic mass is 16.2. The number of amides is 2. The number of aryl methyl sites for hydroxylation is 1. The molecule has 120 valence electrons. The Labute approximate surface area is 134 Å². The molecule has 1 unspecified atom stereocenters. The van der Waals surface area contributed by atoms with Gasteiger partial charge in [-0.1, -0.05) is 18.2 Å². The van der Waals surface area contributed by atoms with Crippen LogP contribution in [-0.4, -0.2) is 28.3 Å². The van der Waals surface area contributed by atoms with Gasteiger partial charge in [0.25, 0.3) is 0 Å². The minimum absolute atomic E-state index is 0.00989. The van der Waals surface area contributed by atoms with Gasteiger partial charge in [0.05, 0.1) is 12.4 Å². The summed E-state index contributed by atoms with van der Waals surface area (Å²) < 4.78 is 0. The van der Waals surface area contributed by atoms with E-state index >= 15 is 0 Å². The van der Waals surface area contributed by atoms with Crippen molar-refractivity contribution in [2.24, 2.45) is 0 Å². The number of aromatic nitrogens is 2. The van der Waals surface area contributed by atoms with Crippen LogP contribution in [0.25, 0.3) is 0 Å². The first-order valence-electron chi connectivity index (χ1n) is 7.79. The standard InChI is InChI=1S/C17H20N4O2/c1-12(22)21-9-8-15(14-4-2-3-5-16(14)21)20-17(23)7-6-13-10-18-11-19-13/h2-5,10-11,15H,6-9H2,1H3,(H,18,19)(H,20,23). The van der Waals surface area contributed by atoms with Crippen molar-refractivity contribution in [3.05, 3.63) is 48.0 Å². The molecular weight excluding hydrogens is 292 g/mol.